The summed E-state index contributed by atoms with van der Waals surface area (Å²) in [6, 6.07) is 1.52. The molecule has 1 aromatic heterocycles. The van der Waals surface area contributed by atoms with Gasteiger partial charge < -0.3 is 4.74 Å². The Morgan fingerprint density at radius 1 is 1.53 bits per heavy atom. The highest BCUT2D eigenvalue weighted by Gasteiger charge is 2.20. The summed E-state index contributed by atoms with van der Waals surface area (Å²) in [5, 5.41) is 0. The van der Waals surface area contributed by atoms with Crippen LogP contribution >= 0.6 is 22.9 Å². The first-order chi connectivity index (χ1) is 6.97. The SMILES string of the molecule is COC(=O)c1cc(C)c(S(=O)C(=O)Cl)s1. The molecule has 0 aliphatic rings. The molecule has 1 heterocycles. The zero-order valence-electron chi connectivity index (χ0n) is 7.90. The van der Waals surface area contributed by atoms with Gasteiger partial charge in [0, 0.05) is 0 Å². The van der Waals surface area contributed by atoms with Gasteiger partial charge in [-0.1, -0.05) is 0 Å². The number of halogens is 1. The van der Waals surface area contributed by atoms with Crippen molar-refractivity contribution in [1.29, 1.82) is 0 Å². The summed E-state index contributed by atoms with van der Waals surface area (Å²) in [7, 11) is -0.656. The summed E-state index contributed by atoms with van der Waals surface area (Å²) in [6.07, 6.45) is 0. The molecule has 1 unspecified atom stereocenters. The van der Waals surface area contributed by atoms with Crippen molar-refractivity contribution in [3.05, 3.63) is 16.5 Å². The van der Waals surface area contributed by atoms with Gasteiger partial charge in [-0.2, -0.15) is 0 Å². The normalized spacial score (nSPS) is 12.2. The molecule has 7 heteroatoms. The van der Waals surface area contributed by atoms with Crippen LogP contribution in [0.4, 0.5) is 4.79 Å². The molecule has 0 N–H and O–H groups in total. The Balaban J connectivity index is 3.12. The fourth-order valence-corrected chi connectivity index (χ4v) is 3.41. The van der Waals surface area contributed by atoms with Gasteiger partial charge in [0.2, 0.25) is 0 Å². The van der Waals surface area contributed by atoms with Crippen molar-refractivity contribution >= 4 is 44.3 Å². The molecule has 0 bridgehead atoms. The van der Waals surface area contributed by atoms with Crippen molar-refractivity contribution in [2.24, 2.45) is 0 Å². The predicted octanol–water partition coefficient (Wildman–Crippen LogP) is 2.31. The first-order valence-corrected chi connectivity index (χ1v) is 6.11. The largest absolute Gasteiger partial charge is 0.465 e. The third-order valence-electron chi connectivity index (χ3n) is 1.57. The minimum atomic E-state index is -1.91. The van der Waals surface area contributed by atoms with Crippen LogP contribution in [0.3, 0.4) is 0 Å². The molecule has 0 aliphatic heterocycles. The van der Waals surface area contributed by atoms with Crippen molar-refractivity contribution in [1.82, 2.24) is 0 Å². The molecule has 82 valence electrons. The Kier molecular flexibility index (Phi) is 4.01. The van der Waals surface area contributed by atoms with E-state index < -0.39 is 21.3 Å². The van der Waals surface area contributed by atoms with Crippen LogP contribution in [0.15, 0.2) is 10.3 Å². The van der Waals surface area contributed by atoms with Crippen molar-refractivity contribution in [2.75, 3.05) is 7.11 Å². The second-order valence-electron chi connectivity index (χ2n) is 2.58. The summed E-state index contributed by atoms with van der Waals surface area (Å²) >= 11 is 6.06. The monoisotopic (exact) mass is 266 g/mol. The van der Waals surface area contributed by atoms with Gasteiger partial charge in [0.25, 0.3) is 0 Å². The van der Waals surface area contributed by atoms with Crippen LogP contribution in [0.5, 0.6) is 0 Å². The summed E-state index contributed by atoms with van der Waals surface area (Å²) in [6.45, 7) is 1.65. The number of rotatable bonds is 2. The third-order valence-corrected chi connectivity index (χ3v) is 4.66. The average Bonchev–Trinajstić information content (AvgIpc) is 2.57. The lowest BCUT2D eigenvalue weighted by Crippen LogP contribution is -1.97. The lowest BCUT2D eigenvalue weighted by Gasteiger charge is -1.92. The molecule has 1 aromatic rings. The van der Waals surface area contributed by atoms with Gasteiger partial charge in [-0.05, 0) is 30.2 Å². The fraction of sp³-hybridized carbons (Fsp3) is 0.250. The van der Waals surface area contributed by atoms with Crippen molar-refractivity contribution in [2.45, 2.75) is 11.1 Å². The first-order valence-electron chi connectivity index (χ1n) is 3.77. The van der Waals surface area contributed by atoms with E-state index in [4.69, 9.17) is 11.6 Å². The lowest BCUT2D eigenvalue weighted by atomic mass is 10.3. The number of esters is 1. The smallest absolute Gasteiger partial charge is 0.348 e. The number of hydrogen-bond acceptors (Lipinski definition) is 5. The van der Waals surface area contributed by atoms with Gasteiger partial charge in [-0.15, -0.1) is 11.3 Å². The Hall–Kier alpha value is -0.720. The molecule has 0 aliphatic carbocycles. The predicted molar refractivity (Wildman–Crippen MR) is 58.1 cm³/mol. The molecule has 1 atom stereocenters. The van der Waals surface area contributed by atoms with E-state index in [-0.39, 0.29) is 4.21 Å². The molecule has 0 fully saturated rings. The second-order valence-corrected chi connectivity index (χ2v) is 5.77. The number of ether oxygens (including phenoxy) is 1. The third kappa shape index (κ3) is 2.64. The molecule has 0 amide bonds. The van der Waals surface area contributed by atoms with Gasteiger partial charge in [0.15, 0.2) is 0 Å². The minimum absolute atomic E-state index is 0.287. The molecule has 1 rings (SSSR count). The molecule has 15 heavy (non-hydrogen) atoms. The first kappa shape index (κ1) is 12.4. The van der Waals surface area contributed by atoms with Gasteiger partial charge in [-0.25, -0.2) is 9.00 Å². The van der Waals surface area contributed by atoms with Crippen LogP contribution in [-0.4, -0.2) is 21.9 Å². The van der Waals surface area contributed by atoms with Crippen LogP contribution in [0.25, 0.3) is 0 Å². The van der Waals surface area contributed by atoms with E-state index in [0.29, 0.717) is 10.4 Å². The van der Waals surface area contributed by atoms with E-state index in [2.05, 4.69) is 4.74 Å². The Labute approximate surface area is 97.6 Å². The standard InChI is InChI=1S/C8H7ClO4S2/c1-4-3-5(6(10)13-2)14-7(4)15(12)8(9)11/h3H,1-2H3. The number of methoxy groups -OCH3 is 1. The highest BCUT2D eigenvalue weighted by molar-refractivity contribution is 8.05. The van der Waals surface area contributed by atoms with Crippen LogP contribution in [0, 0.1) is 6.92 Å². The van der Waals surface area contributed by atoms with Gasteiger partial charge >= 0.3 is 10.5 Å². The van der Waals surface area contributed by atoms with E-state index in [1.807, 2.05) is 0 Å². The van der Waals surface area contributed by atoms with Crippen molar-refractivity contribution in [3.8, 4) is 0 Å². The second kappa shape index (κ2) is 4.87. The van der Waals surface area contributed by atoms with Crippen molar-refractivity contribution in [3.63, 3.8) is 0 Å². The van der Waals surface area contributed by atoms with Crippen molar-refractivity contribution < 1.29 is 18.5 Å². The van der Waals surface area contributed by atoms with E-state index in [1.165, 1.54) is 13.2 Å². The Morgan fingerprint density at radius 3 is 2.60 bits per heavy atom. The number of carbonyl (C=O) groups is 2. The molecular weight excluding hydrogens is 260 g/mol. The number of aryl methyl sites for hydroxylation is 1. The topological polar surface area (TPSA) is 60.4 Å². The summed E-state index contributed by atoms with van der Waals surface area (Å²) in [5.41, 5.74) is 0.590. The number of hydrogen-bond donors (Lipinski definition) is 0. The average molecular weight is 267 g/mol. The molecule has 4 nitrogen and oxygen atoms in total. The summed E-state index contributed by atoms with van der Waals surface area (Å²) < 4.78 is 15.2. The Morgan fingerprint density at radius 2 is 2.13 bits per heavy atom. The van der Waals surface area contributed by atoms with Gasteiger partial charge in [0.1, 0.15) is 19.9 Å². The lowest BCUT2D eigenvalue weighted by molar-refractivity contribution is 0.0606. The molecule has 0 radical (unpaired) electrons. The molecule has 0 saturated carbocycles. The zero-order chi connectivity index (χ0) is 11.6. The quantitative estimate of drug-likeness (QED) is 0.609. The maximum absolute atomic E-state index is 11.4. The van der Waals surface area contributed by atoms with E-state index in [1.54, 1.807) is 6.92 Å². The molecule has 0 saturated heterocycles. The van der Waals surface area contributed by atoms with E-state index >= 15 is 0 Å². The van der Waals surface area contributed by atoms with Crippen LogP contribution < -0.4 is 0 Å². The minimum Gasteiger partial charge on any atom is -0.465 e. The molecule has 0 aromatic carbocycles. The highest BCUT2D eigenvalue weighted by Crippen LogP contribution is 2.27. The highest BCUT2D eigenvalue weighted by atomic mass is 35.5. The number of thiophene rings is 1. The van der Waals surface area contributed by atoms with Gasteiger partial charge in [0.05, 0.1) is 7.11 Å². The van der Waals surface area contributed by atoms with Gasteiger partial charge in [-0.3, -0.25) is 4.79 Å². The fourth-order valence-electron chi connectivity index (χ4n) is 0.924. The van der Waals surface area contributed by atoms with Crippen LogP contribution in [0.1, 0.15) is 15.2 Å². The van der Waals surface area contributed by atoms with Crippen LogP contribution in [-0.2, 0) is 15.5 Å². The summed E-state index contributed by atoms with van der Waals surface area (Å²) in [4.78, 5) is 22.1. The molecule has 0 spiro atoms. The summed E-state index contributed by atoms with van der Waals surface area (Å²) in [5.74, 6) is -0.520. The zero-order valence-corrected chi connectivity index (χ0v) is 10.3. The maximum Gasteiger partial charge on any atom is 0.348 e. The van der Waals surface area contributed by atoms with E-state index in [0.717, 1.165) is 11.3 Å². The maximum atomic E-state index is 11.4. The Bertz CT molecular complexity index is 438. The van der Waals surface area contributed by atoms with Crippen LogP contribution in [0.2, 0.25) is 0 Å². The van der Waals surface area contributed by atoms with E-state index in [9.17, 15) is 13.8 Å². The number of carbonyl (C=O) groups excluding carboxylic acids is 2. The molecular formula is C8H7ClO4S2.